The van der Waals surface area contributed by atoms with E-state index in [0.717, 1.165) is 6.54 Å². The SMILES string of the molecule is Cc1ccc(NCC(C)(C)N)c(C)c1C. The van der Waals surface area contributed by atoms with Gasteiger partial charge < -0.3 is 11.1 Å². The molecule has 0 aliphatic carbocycles. The third-order valence-corrected chi connectivity index (χ3v) is 2.79. The van der Waals surface area contributed by atoms with Crippen LogP contribution in [0.3, 0.4) is 0 Å². The normalized spacial score (nSPS) is 11.6. The third kappa shape index (κ3) is 3.24. The molecule has 0 aliphatic heterocycles. The summed E-state index contributed by atoms with van der Waals surface area (Å²) in [6.07, 6.45) is 0. The Morgan fingerprint density at radius 1 is 1.13 bits per heavy atom. The molecule has 0 aliphatic rings. The van der Waals surface area contributed by atoms with Crippen molar-refractivity contribution in [1.29, 1.82) is 0 Å². The second kappa shape index (κ2) is 4.23. The highest BCUT2D eigenvalue weighted by Gasteiger charge is 2.11. The first-order chi connectivity index (χ1) is 6.81. The maximum atomic E-state index is 5.94. The molecular weight excluding hydrogens is 184 g/mol. The van der Waals surface area contributed by atoms with E-state index in [-0.39, 0.29) is 5.54 Å². The number of nitrogens with two attached hydrogens (primary N) is 1. The minimum atomic E-state index is -0.175. The van der Waals surface area contributed by atoms with Gasteiger partial charge in [0.2, 0.25) is 0 Å². The van der Waals surface area contributed by atoms with Crippen molar-refractivity contribution in [2.24, 2.45) is 5.73 Å². The molecule has 3 N–H and O–H groups in total. The molecule has 2 heteroatoms. The molecule has 0 amide bonds. The van der Waals surface area contributed by atoms with E-state index in [1.807, 2.05) is 13.8 Å². The topological polar surface area (TPSA) is 38.0 Å². The van der Waals surface area contributed by atoms with Gasteiger partial charge in [0, 0.05) is 17.8 Å². The lowest BCUT2D eigenvalue weighted by Crippen LogP contribution is -2.39. The first-order valence-electron chi connectivity index (χ1n) is 5.41. The van der Waals surface area contributed by atoms with Crippen LogP contribution >= 0.6 is 0 Å². The predicted molar refractivity (Wildman–Crippen MR) is 67.4 cm³/mol. The highest BCUT2D eigenvalue weighted by atomic mass is 14.9. The Balaban J connectivity index is 2.83. The average molecular weight is 206 g/mol. The van der Waals surface area contributed by atoms with Crippen molar-refractivity contribution in [3.63, 3.8) is 0 Å². The number of benzene rings is 1. The molecule has 0 radical (unpaired) electrons. The number of hydrogen-bond acceptors (Lipinski definition) is 2. The van der Waals surface area contributed by atoms with Crippen LogP contribution in [0.2, 0.25) is 0 Å². The largest absolute Gasteiger partial charge is 0.383 e. The standard InChI is InChI=1S/C13H22N2/c1-9-6-7-12(11(3)10(9)2)15-8-13(4,5)14/h6-7,15H,8,14H2,1-5H3. The van der Waals surface area contributed by atoms with Crippen molar-refractivity contribution >= 4 is 5.69 Å². The molecule has 1 aromatic rings. The monoisotopic (exact) mass is 206 g/mol. The van der Waals surface area contributed by atoms with E-state index in [1.165, 1.54) is 22.4 Å². The Bertz CT molecular complexity index is 348. The first-order valence-corrected chi connectivity index (χ1v) is 5.41. The molecule has 0 unspecified atom stereocenters. The van der Waals surface area contributed by atoms with Crippen molar-refractivity contribution in [2.45, 2.75) is 40.2 Å². The summed E-state index contributed by atoms with van der Waals surface area (Å²) >= 11 is 0. The summed E-state index contributed by atoms with van der Waals surface area (Å²) in [5, 5.41) is 3.40. The minimum Gasteiger partial charge on any atom is -0.383 e. The van der Waals surface area contributed by atoms with E-state index in [9.17, 15) is 0 Å². The Morgan fingerprint density at radius 3 is 2.27 bits per heavy atom. The molecule has 0 saturated heterocycles. The third-order valence-electron chi connectivity index (χ3n) is 2.79. The lowest BCUT2D eigenvalue weighted by atomic mass is 10.0. The lowest BCUT2D eigenvalue weighted by molar-refractivity contribution is 0.549. The molecule has 1 rings (SSSR count). The highest BCUT2D eigenvalue weighted by molar-refractivity contribution is 5.56. The highest BCUT2D eigenvalue weighted by Crippen LogP contribution is 2.21. The second-order valence-electron chi connectivity index (χ2n) is 5.02. The fourth-order valence-corrected chi connectivity index (χ4v) is 1.47. The molecule has 15 heavy (non-hydrogen) atoms. The average Bonchev–Trinajstić information content (AvgIpc) is 2.12. The van der Waals surface area contributed by atoms with Crippen LogP contribution in [0.25, 0.3) is 0 Å². The fraction of sp³-hybridized carbons (Fsp3) is 0.538. The Hall–Kier alpha value is -1.02. The number of nitrogens with one attached hydrogen (secondary N) is 1. The maximum absolute atomic E-state index is 5.94. The van der Waals surface area contributed by atoms with Crippen LogP contribution < -0.4 is 11.1 Å². The van der Waals surface area contributed by atoms with Crippen LogP contribution in [0.15, 0.2) is 12.1 Å². The first kappa shape index (κ1) is 12.1. The number of anilines is 1. The van der Waals surface area contributed by atoms with Crippen LogP contribution in [-0.2, 0) is 0 Å². The predicted octanol–water partition coefficient (Wildman–Crippen LogP) is 2.76. The van der Waals surface area contributed by atoms with E-state index in [1.54, 1.807) is 0 Å². The number of aryl methyl sites for hydroxylation is 1. The zero-order chi connectivity index (χ0) is 11.6. The molecule has 0 spiro atoms. The zero-order valence-electron chi connectivity index (χ0n) is 10.4. The van der Waals surface area contributed by atoms with E-state index < -0.39 is 0 Å². The second-order valence-corrected chi connectivity index (χ2v) is 5.02. The van der Waals surface area contributed by atoms with Gasteiger partial charge in [-0.3, -0.25) is 0 Å². The van der Waals surface area contributed by atoms with Crippen molar-refractivity contribution in [3.8, 4) is 0 Å². The molecule has 0 atom stereocenters. The zero-order valence-corrected chi connectivity index (χ0v) is 10.4. The maximum Gasteiger partial charge on any atom is 0.0373 e. The summed E-state index contributed by atoms with van der Waals surface area (Å²) in [6.45, 7) is 11.3. The summed E-state index contributed by atoms with van der Waals surface area (Å²) in [6, 6.07) is 4.28. The van der Waals surface area contributed by atoms with E-state index >= 15 is 0 Å². The van der Waals surface area contributed by atoms with Gasteiger partial charge in [-0.2, -0.15) is 0 Å². The van der Waals surface area contributed by atoms with E-state index in [4.69, 9.17) is 5.73 Å². The summed E-state index contributed by atoms with van der Waals surface area (Å²) in [5.74, 6) is 0. The Labute approximate surface area is 92.9 Å². The molecule has 1 aromatic carbocycles. The number of rotatable bonds is 3. The summed E-state index contributed by atoms with van der Waals surface area (Å²) < 4.78 is 0. The smallest absolute Gasteiger partial charge is 0.0373 e. The molecule has 0 saturated carbocycles. The van der Waals surface area contributed by atoms with E-state index in [2.05, 4.69) is 38.2 Å². The molecule has 0 fully saturated rings. The van der Waals surface area contributed by atoms with Gasteiger partial charge in [0.15, 0.2) is 0 Å². The van der Waals surface area contributed by atoms with Gasteiger partial charge in [0.25, 0.3) is 0 Å². The van der Waals surface area contributed by atoms with Crippen molar-refractivity contribution in [1.82, 2.24) is 0 Å². The van der Waals surface area contributed by atoms with Gasteiger partial charge in [-0.1, -0.05) is 6.07 Å². The van der Waals surface area contributed by atoms with Crippen LogP contribution in [-0.4, -0.2) is 12.1 Å². The summed E-state index contributed by atoms with van der Waals surface area (Å²) in [5.41, 5.74) is 11.0. The van der Waals surface area contributed by atoms with Crippen molar-refractivity contribution < 1.29 is 0 Å². The summed E-state index contributed by atoms with van der Waals surface area (Å²) in [4.78, 5) is 0. The van der Waals surface area contributed by atoms with Gasteiger partial charge in [-0.25, -0.2) is 0 Å². The summed E-state index contributed by atoms with van der Waals surface area (Å²) in [7, 11) is 0. The lowest BCUT2D eigenvalue weighted by Gasteiger charge is -2.21. The quantitative estimate of drug-likeness (QED) is 0.798. The van der Waals surface area contributed by atoms with Crippen LogP contribution in [0, 0.1) is 20.8 Å². The van der Waals surface area contributed by atoms with Gasteiger partial charge in [0.05, 0.1) is 0 Å². The van der Waals surface area contributed by atoms with Gasteiger partial charge in [0.1, 0.15) is 0 Å². The number of hydrogen-bond donors (Lipinski definition) is 2. The van der Waals surface area contributed by atoms with Crippen LogP contribution in [0.4, 0.5) is 5.69 Å². The van der Waals surface area contributed by atoms with Gasteiger partial charge in [-0.05, 0) is 57.4 Å². The molecule has 84 valence electrons. The van der Waals surface area contributed by atoms with Crippen molar-refractivity contribution in [3.05, 3.63) is 28.8 Å². The molecule has 0 heterocycles. The fourth-order valence-electron chi connectivity index (χ4n) is 1.47. The molecular formula is C13H22N2. The van der Waals surface area contributed by atoms with Crippen LogP contribution in [0.5, 0.6) is 0 Å². The van der Waals surface area contributed by atoms with E-state index in [0.29, 0.717) is 0 Å². The van der Waals surface area contributed by atoms with Crippen LogP contribution in [0.1, 0.15) is 30.5 Å². The minimum absolute atomic E-state index is 0.175. The van der Waals surface area contributed by atoms with Gasteiger partial charge >= 0.3 is 0 Å². The molecule has 0 bridgehead atoms. The van der Waals surface area contributed by atoms with Crippen molar-refractivity contribution in [2.75, 3.05) is 11.9 Å². The molecule has 0 aromatic heterocycles. The Morgan fingerprint density at radius 2 is 1.73 bits per heavy atom. The molecule has 2 nitrogen and oxygen atoms in total. The van der Waals surface area contributed by atoms with Gasteiger partial charge in [-0.15, -0.1) is 0 Å². The Kier molecular flexibility index (Phi) is 3.40.